The van der Waals surface area contributed by atoms with E-state index in [1.54, 1.807) is 0 Å². The van der Waals surface area contributed by atoms with Gasteiger partial charge in [-0.25, -0.2) is 0 Å². The minimum atomic E-state index is 0.628. The minimum Gasteiger partial charge on any atom is -0.258 e. The topological polar surface area (TPSA) is 23.8 Å². The van der Waals surface area contributed by atoms with Gasteiger partial charge in [0.05, 0.1) is 0 Å². The number of hydrogen-bond donors (Lipinski definition) is 0. The fraction of sp³-hybridized carbons (Fsp3) is 1.00. The Morgan fingerprint density at radius 1 is 0.733 bits per heavy atom. The zero-order valence-electron chi connectivity index (χ0n) is 10.3. The second-order valence-electron chi connectivity index (χ2n) is 5.16. The van der Waals surface area contributed by atoms with Crippen molar-refractivity contribution in [2.45, 2.75) is 77.0 Å². The van der Waals surface area contributed by atoms with E-state index in [1.807, 2.05) is 0 Å². The van der Waals surface area contributed by atoms with Crippen LogP contribution in [0.3, 0.4) is 0 Å². The van der Waals surface area contributed by atoms with Gasteiger partial charge in [0.25, 0.3) is 0 Å². The summed E-state index contributed by atoms with van der Waals surface area (Å²) in [5, 5.41) is 0. The van der Waals surface area contributed by atoms with Crippen LogP contribution < -0.4 is 5.73 Å². The molecule has 1 heteroatoms. The number of unbranched alkanes of at least 4 members (excludes halogenated alkanes) is 3. The molecule has 89 valence electrons. The van der Waals surface area contributed by atoms with Gasteiger partial charge in [-0.05, 0) is 12.3 Å². The summed E-state index contributed by atoms with van der Waals surface area (Å²) in [6, 6.07) is 0. The van der Waals surface area contributed by atoms with Gasteiger partial charge in [0, 0.05) is 6.54 Å². The number of nitrogens with one attached hydrogen (secondary N) is 1. The maximum absolute atomic E-state index is 7.09. The Hall–Kier alpha value is -0.0400. The minimum absolute atomic E-state index is 0.628. The summed E-state index contributed by atoms with van der Waals surface area (Å²) in [5.74, 6) is 1.04. The highest BCUT2D eigenvalue weighted by atomic mass is 14.5. The third kappa shape index (κ3) is 6.94. The normalized spacial score (nSPS) is 19.8. The Kier molecular flexibility index (Phi) is 7.99. The smallest absolute Gasteiger partial charge is 0.00997 e. The summed E-state index contributed by atoms with van der Waals surface area (Å²) in [7, 11) is 0. The Morgan fingerprint density at radius 2 is 1.33 bits per heavy atom. The molecule has 0 aromatic rings. The molecule has 0 bridgehead atoms. The first-order chi connectivity index (χ1) is 7.43. The zero-order valence-corrected chi connectivity index (χ0v) is 10.3. The van der Waals surface area contributed by atoms with E-state index in [4.69, 9.17) is 5.73 Å². The molecule has 1 fully saturated rings. The lowest BCUT2D eigenvalue weighted by molar-refractivity contribution is 0.347. The van der Waals surface area contributed by atoms with Crippen LogP contribution in [-0.2, 0) is 0 Å². The molecule has 1 aliphatic rings. The van der Waals surface area contributed by atoms with Gasteiger partial charge in [0.2, 0.25) is 0 Å². The van der Waals surface area contributed by atoms with Crippen LogP contribution >= 0.6 is 0 Å². The van der Waals surface area contributed by atoms with Crippen molar-refractivity contribution in [3.8, 4) is 0 Å². The molecular weight excluding hydrogens is 182 g/mol. The predicted molar refractivity (Wildman–Crippen MR) is 66.9 cm³/mol. The molecule has 0 heterocycles. The maximum atomic E-state index is 7.09. The van der Waals surface area contributed by atoms with E-state index in [0.717, 1.165) is 12.3 Å². The first kappa shape index (κ1) is 13.0. The molecule has 15 heavy (non-hydrogen) atoms. The van der Waals surface area contributed by atoms with Gasteiger partial charge in [0.15, 0.2) is 0 Å². The van der Waals surface area contributed by atoms with Gasteiger partial charge >= 0.3 is 0 Å². The second kappa shape index (κ2) is 9.21. The molecule has 1 radical (unpaired) electrons. The molecular formula is C14H28N. The van der Waals surface area contributed by atoms with E-state index in [1.165, 1.54) is 70.6 Å². The van der Waals surface area contributed by atoms with Crippen LogP contribution in [0.1, 0.15) is 77.0 Å². The molecule has 1 saturated carbocycles. The average molecular weight is 210 g/mol. The van der Waals surface area contributed by atoms with E-state index < -0.39 is 0 Å². The van der Waals surface area contributed by atoms with Gasteiger partial charge in [-0.1, -0.05) is 70.6 Å². The van der Waals surface area contributed by atoms with Gasteiger partial charge in [-0.15, -0.1) is 0 Å². The molecule has 0 amide bonds. The number of rotatable bonds is 6. The van der Waals surface area contributed by atoms with Crippen LogP contribution in [-0.4, -0.2) is 6.54 Å². The second-order valence-corrected chi connectivity index (χ2v) is 5.16. The van der Waals surface area contributed by atoms with Crippen molar-refractivity contribution in [2.24, 2.45) is 5.92 Å². The molecule has 1 nitrogen and oxygen atoms in total. The van der Waals surface area contributed by atoms with E-state index in [2.05, 4.69) is 0 Å². The van der Waals surface area contributed by atoms with Crippen molar-refractivity contribution >= 4 is 0 Å². The Bertz CT molecular complexity index is 125. The predicted octanol–water partition coefficient (Wildman–Crippen LogP) is 4.58. The Labute approximate surface area is 95.8 Å². The highest BCUT2D eigenvalue weighted by Gasteiger charge is 2.10. The standard InChI is InChI=1S/C14H28N/c15-13-9-5-4-8-12-14-10-6-2-1-3-7-11-14/h14-15H,1-13H2. The highest BCUT2D eigenvalue weighted by Crippen LogP contribution is 2.26. The lowest BCUT2D eigenvalue weighted by atomic mass is 9.87. The summed E-state index contributed by atoms with van der Waals surface area (Å²) in [5.41, 5.74) is 7.09. The van der Waals surface area contributed by atoms with Crippen LogP contribution in [0, 0.1) is 5.92 Å². The highest BCUT2D eigenvalue weighted by molar-refractivity contribution is 4.64. The maximum Gasteiger partial charge on any atom is 0.00997 e. The van der Waals surface area contributed by atoms with E-state index in [9.17, 15) is 0 Å². The van der Waals surface area contributed by atoms with E-state index >= 15 is 0 Å². The first-order valence-corrected chi connectivity index (χ1v) is 7.08. The monoisotopic (exact) mass is 210 g/mol. The van der Waals surface area contributed by atoms with Crippen LogP contribution in [0.2, 0.25) is 0 Å². The lowest BCUT2D eigenvalue weighted by Gasteiger charge is -2.19. The fourth-order valence-electron chi connectivity index (χ4n) is 2.74. The largest absolute Gasteiger partial charge is 0.258 e. The first-order valence-electron chi connectivity index (χ1n) is 7.08. The van der Waals surface area contributed by atoms with Crippen LogP contribution in [0.5, 0.6) is 0 Å². The van der Waals surface area contributed by atoms with Crippen molar-refractivity contribution in [3.63, 3.8) is 0 Å². The number of hydrogen-bond acceptors (Lipinski definition) is 0. The van der Waals surface area contributed by atoms with Crippen molar-refractivity contribution < 1.29 is 0 Å². The van der Waals surface area contributed by atoms with Crippen molar-refractivity contribution in [3.05, 3.63) is 0 Å². The van der Waals surface area contributed by atoms with Gasteiger partial charge in [-0.2, -0.15) is 0 Å². The van der Waals surface area contributed by atoms with Crippen LogP contribution in [0.15, 0.2) is 0 Å². The summed E-state index contributed by atoms with van der Waals surface area (Å²) in [4.78, 5) is 0. The van der Waals surface area contributed by atoms with E-state index in [-0.39, 0.29) is 0 Å². The molecule has 0 unspecified atom stereocenters. The van der Waals surface area contributed by atoms with Crippen molar-refractivity contribution in [2.75, 3.05) is 6.54 Å². The molecule has 0 spiro atoms. The Morgan fingerprint density at radius 3 is 2.00 bits per heavy atom. The van der Waals surface area contributed by atoms with Crippen molar-refractivity contribution in [1.82, 2.24) is 5.73 Å². The van der Waals surface area contributed by atoms with Crippen LogP contribution in [0.25, 0.3) is 0 Å². The average Bonchev–Trinajstić information content (AvgIpc) is 2.20. The van der Waals surface area contributed by atoms with Crippen molar-refractivity contribution in [1.29, 1.82) is 0 Å². The summed E-state index contributed by atoms with van der Waals surface area (Å²) in [6.45, 7) is 0.628. The molecule has 0 aliphatic heterocycles. The van der Waals surface area contributed by atoms with Crippen LogP contribution in [0.4, 0.5) is 0 Å². The van der Waals surface area contributed by atoms with Gasteiger partial charge in [0.1, 0.15) is 0 Å². The molecule has 1 aliphatic carbocycles. The summed E-state index contributed by atoms with van der Waals surface area (Å²) >= 11 is 0. The molecule has 0 aromatic carbocycles. The zero-order chi connectivity index (χ0) is 10.8. The van der Waals surface area contributed by atoms with E-state index in [0.29, 0.717) is 6.54 Å². The summed E-state index contributed by atoms with van der Waals surface area (Å²) < 4.78 is 0. The quantitative estimate of drug-likeness (QED) is 0.573. The SMILES string of the molecule is [NH]CCCCCCC1CCCCCCC1. The lowest BCUT2D eigenvalue weighted by Crippen LogP contribution is -2.03. The molecule has 0 aromatic heterocycles. The molecule has 1 rings (SSSR count). The Balaban J connectivity index is 1.97. The fourth-order valence-corrected chi connectivity index (χ4v) is 2.74. The third-order valence-electron chi connectivity index (χ3n) is 3.76. The van der Waals surface area contributed by atoms with Gasteiger partial charge in [-0.3, -0.25) is 5.73 Å². The molecule has 0 atom stereocenters. The molecule has 0 saturated heterocycles. The molecule has 1 N–H and O–H groups in total. The third-order valence-corrected chi connectivity index (χ3v) is 3.76. The summed E-state index contributed by atoms with van der Waals surface area (Å²) in [6.07, 6.45) is 17.1. The van der Waals surface area contributed by atoms with Gasteiger partial charge < -0.3 is 0 Å².